The third-order valence-corrected chi connectivity index (χ3v) is 2.54. The Kier molecular flexibility index (Phi) is 6.01. The van der Waals surface area contributed by atoms with Crippen LogP contribution in [-0.2, 0) is 0 Å². The van der Waals surface area contributed by atoms with E-state index in [1.165, 1.54) is 0 Å². The monoisotopic (exact) mass is 177 g/mol. The number of aliphatic hydroxyl groups excluding tert-OH is 1. The van der Waals surface area contributed by atoms with Crippen LogP contribution in [0.5, 0.6) is 0 Å². The van der Waals surface area contributed by atoms with Crippen LogP contribution in [0, 0.1) is 0 Å². The normalized spacial score (nSPS) is 16.4. The molecular formula is C8H19NOS. The highest BCUT2D eigenvalue weighted by Gasteiger charge is 2.20. The lowest BCUT2D eigenvalue weighted by molar-refractivity contribution is 0.192. The second-order valence-electron chi connectivity index (χ2n) is 3.08. The molecule has 0 aromatic heterocycles. The van der Waals surface area contributed by atoms with Gasteiger partial charge >= 0.3 is 0 Å². The zero-order valence-electron chi connectivity index (χ0n) is 7.68. The van der Waals surface area contributed by atoms with Crippen molar-refractivity contribution in [1.29, 1.82) is 0 Å². The van der Waals surface area contributed by atoms with Crippen LogP contribution in [-0.4, -0.2) is 35.8 Å². The van der Waals surface area contributed by atoms with Crippen molar-refractivity contribution in [3.63, 3.8) is 0 Å². The Morgan fingerprint density at radius 2 is 2.18 bits per heavy atom. The summed E-state index contributed by atoms with van der Waals surface area (Å²) < 4.78 is 0. The zero-order chi connectivity index (χ0) is 8.74. The molecule has 0 bridgehead atoms. The number of thioether (sulfide) groups is 1. The molecule has 0 rings (SSSR count). The second-order valence-corrected chi connectivity index (χ2v) is 3.94. The van der Waals surface area contributed by atoms with Gasteiger partial charge in [-0.15, -0.1) is 0 Å². The number of hydrogen-bond donors (Lipinski definition) is 2. The number of rotatable bonds is 6. The quantitative estimate of drug-likeness (QED) is 0.637. The minimum atomic E-state index is -0.0879. The summed E-state index contributed by atoms with van der Waals surface area (Å²) in [5.74, 6) is 0.962. The molecule has 0 aromatic carbocycles. The molecule has 0 saturated heterocycles. The lowest BCUT2D eigenvalue weighted by atomic mass is 10.1. The Labute approximate surface area is 73.8 Å². The molecule has 0 saturated carbocycles. The van der Waals surface area contributed by atoms with E-state index in [9.17, 15) is 0 Å². The van der Waals surface area contributed by atoms with Crippen LogP contribution < -0.4 is 5.32 Å². The van der Waals surface area contributed by atoms with Gasteiger partial charge in [-0.3, -0.25) is 0 Å². The van der Waals surface area contributed by atoms with Gasteiger partial charge in [0, 0.05) is 11.3 Å². The third-order valence-electron chi connectivity index (χ3n) is 1.61. The number of nitrogens with one attached hydrogen (secondary N) is 1. The Balaban J connectivity index is 3.68. The van der Waals surface area contributed by atoms with E-state index < -0.39 is 0 Å². The average Bonchev–Trinajstić information content (AvgIpc) is 2.02. The SMILES string of the molecule is CCCNC(C)(CO)CSC. The van der Waals surface area contributed by atoms with Gasteiger partial charge in [-0.25, -0.2) is 0 Å². The first kappa shape index (κ1) is 11.3. The van der Waals surface area contributed by atoms with E-state index in [1.54, 1.807) is 11.8 Å². The van der Waals surface area contributed by atoms with Gasteiger partial charge in [0.1, 0.15) is 0 Å². The Morgan fingerprint density at radius 1 is 1.55 bits per heavy atom. The topological polar surface area (TPSA) is 32.3 Å². The van der Waals surface area contributed by atoms with Gasteiger partial charge in [-0.1, -0.05) is 6.92 Å². The molecule has 0 aromatic rings. The number of hydrogen-bond acceptors (Lipinski definition) is 3. The molecule has 0 aliphatic rings. The molecule has 0 heterocycles. The van der Waals surface area contributed by atoms with E-state index in [0.717, 1.165) is 18.7 Å². The Bertz CT molecular complexity index is 100. The van der Waals surface area contributed by atoms with Crippen LogP contribution in [0.25, 0.3) is 0 Å². The smallest absolute Gasteiger partial charge is 0.0618 e. The van der Waals surface area contributed by atoms with Crippen molar-refractivity contribution in [2.75, 3.05) is 25.2 Å². The van der Waals surface area contributed by atoms with Crippen molar-refractivity contribution in [3.8, 4) is 0 Å². The van der Waals surface area contributed by atoms with Gasteiger partial charge in [0.2, 0.25) is 0 Å². The molecule has 0 spiro atoms. The fourth-order valence-electron chi connectivity index (χ4n) is 0.898. The molecule has 0 aliphatic carbocycles. The lowest BCUT2D eigenvalue weighted by Crippen LogP contribution is -2.48. The summed E-state index contributed by atoms with van der Waals surface area (Å²) in [5, 5.41) is 12.4. The molecule has 0 amide bonds. The predicted octanol–water partition coefficient (Wildman–Crippen LogP) is 1.10. The van der Waals surface area contributed by atoms with Gasteiger partial charge in [0.25, 0.3) is 0 Å². The minimum Gasteiger partial charge on any atom is -0.394 e. The molecule has 0 fully saturated rings. The molecule has 2 nitrogen and oxygen atoms in total. The molecule has 0 aliphatic heterocycles. The van der Waals surface area contributed by atoms with Crippen molar-refractivity contribution in [3.05, 3.63) is 0 Å². The van der Waals surface area contributed by atoms with Gasteiger partial charge in [0.15, 0.2) is 0 Å². The van der Waals surface area contributed by atoms with E-state index >= 15 is 0 Å². The summed E-state index contributed by atoms with van der Waals surface area (Å²) in [6.07, 6.45) is 3.17. The molecule has 2 N–H and O–H groups in total. The van der Waals surface area contributed by atoms with Crippen molar-refractivity contribution in [2.24, 2.45) is 0 Å². The van der Waals surface area contributed by atoms with Gasteiger partial charge in [-0.05, 0) is 26.1 Å². The fraction of sp³-hybridized carbons (Fsp3) is 1.00. The summed E-state index contributed by atoms with van der Waals surface area (Å²) >= 11 is 1.76. The average molecular weight is 177 g/mol. The Hall–Kier alpha value is 0.270. The maximum absolute atomic E-state index is 9.07. The van der Waals surface area contributed by atoms with Gasteiger partial charge in [0.05, 0.1) is 6.61 Å². The predicted molar refractivity (Wildman–Crippen MR) is 52.2 cm³/mol. The first-order chi connectivity index (χ1) is 5.18. The summed E-state index contributed by atoms with van der Waals surface area (Å²) in [6, 6.07) is 0. The van der Waals surface area contributed by atoms with Crippen LogP contribution in [0.4, 0.5) is 0 Å². The highest BCUT2D eigenvalue weighted by molar-refractivity contribution is 7.98. The summed E-state index contributed by atoms with van der Waals surface area (Å²) in [7, 11) is 0. The molecule has 3 heteroatoms. The number of aliphatic hydroxyl groups is 1. The summed E-state index contributed by atoms with van der Waals surface area (Å²) in [4.78, 5) is 0. The second kappa shape index (κ2) is 5.86. The summed E-state index contributed by atoms with van der Waals surface area (Å²) in [6.45, 7) is 5.38. The molecule has 0 radical (unpaired) electrons. The maximum atomic E-state index is 9.07. The summed E-state index contributed by atoms with van der Waals surface area (Å²) in [5.41, 5.74) is -0.0879. The zero-order valence-corrected chi connectivity index (χ0v) is 8.50. The van der Waals surface area contributed by atoms with Crippen LogP contribution in [0.15, 0.2) is 0 Å². The van der Waals surface area contributed by atoms with E-state index in [4.69, 9.17) is 5.11 Å². The standard InChI is InChI=1S/C8H19NOS/c1-4-5-9-8(2,6-10)7-11-3/h9-10H,4-7H2,1-3H3. The van der Waals surface area contributed by atoms with Crippen molar-refractivity contribution >= 4 is 11.8 Å². The maximum Gasteiger partial charge on any atom is 0.0618 e. The Morgan fingerprint density at radius 3 is 2.55 bits per heavy atom. The van der Waals surface area contributed by atoms with E-state index in [2.05, 4.69) is 25.4 Å². The molecule has 11 heavy (non-hydrogen) atoms. The van der Waals surface area contributed by atoms with Crippen LogP contribution in [0.2, 0.25) is 0 Å². The highest BCUT2D eigenvalue weighted by atomic mass is 32.2. The third kappa shape index (κ3) is 4.67. The lowest BCUT2D eigenvalue weighted by Gasteiger charge is -2.27. The largest absolute Gasteiger partial charge is 0.394 e. The first-order valence-electron chi connectivity index (χ1n) is 4.03. The van der Waals surface area contributed by atoms with E-state index in [-0.39, 0.29) is 12.1 Å². The molecule has 1 atom stereocenters. The minimum absolute atomic E-state index is 0.0879. The fourth-order valence-corrected chi connectivity index (χ4v) is 1.73. The van der Waals surface area contributed by atoms with Crippen molar-refractivity contribution < 1.29 is 5.11 Å². The van der Waals surface area contributed by atoms with Crippen LogP contribution >= 0.6 is 11.8 Å². The molecular weight excluding hydrogens is 158 g/mol. The molecule has 68 valence electrons. The van der Waals surface area contributed by atoms with E-state index in [1.807, 2.05) is 0 Å². The highest BCUT2D eigenvalue weighted by Crippen LogP contribution is 2.09. The van der Waals surface area contributed by atoms with Gasteiger partial charge in [-0.2, -0.15) is 11.8 Å². The van der Waals surface area contributed by atoms with Crippen molar-refractivity contribution in [2.45, 2.75) is 25.8 Å². The van der Waals surface area contributed by atoms with Gasteiger partial charge < -0.3 is 10.4 Å². The molecule has 1 unspecified atom stereocenters. The first-order valence-corrected chi connectivity index (χ1v) is 5.42. The van der Waals surface area contributed by atoms with Crippen molar-refractivity contribution in [1.82, 2.24) is 5.32 Å². The van der Waals surface area contributed by atoms with E-state index in [0.29, 0.717) is 0 Å². The van der Waals surface area contributed by atoms with Crippen LogP contribution in [0.1, 0.15) is 20.3 Å². The van der Waals surface area contributed by atoms with Crippen LogP contribution in [0.3, 0.4) is 0 Å².